The molecule has 1 saturated heterocycles. The highest BCUT2D eigenvalue weighted by Crippen LogP contribution is 2.36. The number of aromatic nitrogens is 1. The molecule has 0 saturated carbocycles. The molecule has 0 aliphatic carbocycles. The van der Waals surface area contributed by atoms with E-state index in [1.807, 2.05) is 54.6 Å². The Balaban J connectivity index is 1.56. The van der Waals surface area contributed by atoms with Gasteiger partial charge in [0.1, 0.15) is 16.4 Å². The number of hydrogen-bond donors (Lipinski definition) is 2. The number of para-hydroxylation sites is 1. The maximum atomic E-state index is 12.1. The zero-order valence-electron chi connectivity index (χ0n) is 17.5. The summed E-state index contributed by atoms with van der Waals surface area (Å²) < 4.78 is 5.84. The molecular formula is C24H24N4O3S. The Morgan fingerprint density at radius 3 is 2.59 bits per heavy atom. The molecule has 0 radical (unpaired) electrons. The molecule has 1 atom stereocenters. The largest absolute Gasteiger partial charge is 0.457 e. The van der Waals surface area contributed by atoms with E-state index >= 15 is 0 Å². The third-order valence-corrected chi connectivity index (χ3v) is 6.37. The molecule has 1 aromatic heterocycles. The summed E-state index contributed by atoms with van der Waals surface area (Å²) in [5, 5.41) is 3.58. The third-order valence-electron chi connectivity index (χ3n) is 5.27. The summed E-state index contributed by atoms with van der Waals surface area (Å²) in [6.45, 7) is 4.79. The summed E-state index contributed by atoms with van der Waals surface area (Å²) >= 11 is 1.29. The average molecular weight is 449 g/mol. The summed E-state index contributed by atoms with van der Waals surface area (Å²) in [5.41, 5.74) is 7.02. The summed E-state index contributed by atoms with van der Waals surface area (Å²) in [6, 6.07) is 17.1. The Kier molecular flexibility index (Phi) is 6.51. The van der Waals surface area contributed by atoms with Crippen LogP contribution >= 0.6 is 11.3 Å². The van der Waals surface area contributed by atoms with Crippen molar-refractivity contribution in [1.82, 2.24) is 10.3 Å². The minimum absolute atomic E-state index is 0.111. The van der Waals surface area contributed by atoms with Crippen molar-refractivity contribution >= 4 is 28.3 Å². The molecule has 2 aromatic carbocycles. The first kappa shape index (κ1) is 21.6. The van der Waals surface area contributed by atoms with Gasteiger partial charge >= 0.3 is 0 Å². The molecule has 1 aliphatic rings. The number of amides is 2. The Labute approximate surface area is 190 Å². The Bertz CT molecular complexity index is 1110. The minimum Gasteiger partial charge on any atom is -0.457 e. The van der Waals surface area contributed by atoms with Crippen LogP contribution < -0.4 is 20.7 Å². The number of anilines is 1. The normalized spacial score (nSPS) is 15.4. The van der Waals surface area contributed by atoms with Crippen molar-refractivity contribution in [2.24, 2.45) is 5.73 Å². The third kappa shape index (κ3) is 4.81. The van der Waals surface area contributed by atoms with E-state index in [0.717, 1.165) is 35.8 Å². The quantitative estimate of drug-likeness (QED) is 0.508. The van der Waals surface area contributed by atoms with E-state index in [1.54, 1.807) is 0 Å². The van der Waals surface area contributed by atoms with E-state index in [4.69, 9.17) is 15.5 Å². The van der Waals surface area contributed by atoms with Crippen molar-refractivity contribution in [2.45, 2.75) is 18.9 Å². The lowest BCUT2D eigenvalue weighted by Crippen LogP contribution is -2.39. The van der Waals surface area contributed by atoms with Crippen LogP contribution in [0.15, 0.2) is 67.3 Å². The van der Waals surface area contributed by atoms with E-state index in [9.17, 15) is 9.59 Å². The first-order valence-electron chi connectivity index (χ1n) is 10.4. The van der Waals surface area contributed by atoms with Crippen LogP contribution in [0.5, 0.6) is 11.5 Å². The van der Waals surface area contributed by atoms with Gasteiger partial charge < -0.3 is 20.7 Å². The van der Waals surface area contributed by atoms with Crippen molar-refractivity contribution < 1.29 is 14.3 Å². The van der Waals surface area contributed by atoms with Gasteiger partial charge in [-0.1, -0.05) is 36.1 Å². The number of thiazole rings is 1. The van der Waals surface area contributed by atoms with E-state index in [2.05, 4.69) is 16.8 Å². The van der Waals surface area contributed by atoms with Gasteiger partial charge in [0, 0.05) is 24.7 Å². The highest BCUT2D eigenvalue weighted by atomic mass is 32.1. The van der Waals surface area contributed by atoms with Crippen LogP contribution in [0, 0.1) is 0 Å². The van der Waals surface area contributed by atoms with Gasteiger partial charge in [-0.15, -0.1) is 0 Å². The first-order valence-corrected chi connectivity index (χ1v) is 11.2. The molecule has 1 aliphatic heterocycles. The molecule has 8 heteroatoms. The number of nitrogens with two attached hydrogens (primary N) is 1. The zero-order valence-corrected chi connectivity index (χ0v) is 18.3. The molecule has 3 aromatic rings. The summed E-state index contributed by atoms with van der Waals surface area (Å²) in [5.74, 6) is 0.725. The molecule has 7 nitrogen and oxygen atoms in total. The number of hydrogen-bond acceptors (Lipinski definition) is 6. The maximum absolute atomic E-state index is 12.1. The number of nitrogens with zero attached hydrogens (tertiary/aromatic N) is 2. The standard InChI is InChI=1S/C24H24N4O3S/c1-2-20(29)26-15-17-7-6-14-28(17)24-27-21(22(32-24)23(25)30)16-10-12-19(13-11-16)31-18-8-4-3-5-9-18/h2-5,8-13,17H,1,6-7,14-15H2,(H2,25,30)(H,26,29). The molecular weight excluding hydrogens is 424 g/mol. The number of primary amides is 1. The number of rotatable bonds is 8. The summed E-state index contributed by atoms with van der Waals surface area (Å²) in [4.78, 5) is 31.0. The number of benzene rings is 2. The molecule has 0 bridgehead atoms. The van der Waals surface area contributed by atoms with E-state index in [0.29, 0.717) is 22.9 Å². The SMILES string of the molecule is C=CC(=O)NCC1CCCN1c1nc(-c2ccc(Oc3ccccc3)cc2)c(C(N)=O)s1. The van der Waals surface area contributed by atoms with Crippen molar-refractivity contribution in [1.29, 1.82) is 0 Å². The molecule has 2 heterocycles. The number of ether oxygens (including phenoxy) is 1. The fraction of sp³-hybridized carbons (Fsp3) is 0.208. The molecule has 4 rings (SSSR count). The average Bonchev–Trinajstić information content (AvgIpc) is 3.46. The van der Waals surface area contributed by atoms with Gasteiger partial charge in [0.2, 0.25) is 5.91 Å². The van der Waals surface area contributed by atoms with Crippen molar-refractivity contribution in [2.75, 3.05) is 18.0 Å². The van der Waals surface area contributed by atoms with Crippen molar-refractivity contribution in [3.63, 3.8) is 0 Å². The second-order valence-corrected chi connectivity index (χ2v) is 8.39. The first-order chi connectivity index (χ1) is 15.5. The Morgan fingerprint density at radius 2 is 1.91 bits per heavy atom. The molecule has 0 spiro atoms. The van der Waals surface area contributed by atoms with Crippen LogP contribution in [0.1, 0.15) is 22.5 Å². The van der Waals surface area contributed by atoms with Crippen LogP contribution in [-0.4, -0.2) is 35.9 Å². The van der Waals surface area contributed by atoms with E-state index < -0.39 is 5.91 Å². The predicted molar refractivity (Wildman–Crippen MR) is 126 cm³/mol. The van der Waals surface area contributed by atoms with E-state index in [-0.39, 0.29) is 11.9 Å². The van der Waals surface area contributed by atoms with Crippen molar-refractivity contribution in [3.05, 3.63) is 72.1 Å². The fourth-order valence-corrected chi connectivity index (χ4v) is 4.73. The predicted octanol–water partition coefficient (Wildman–Crippen LogP) is 3.97. The van der Waals surface area contributed by atoms with E-state index in [1.165, 1.54) is 17.4 Å². The molecule has 164 valence electrons. The number of nitrogens with one attached hydrogen (secondary N) is 1. The lowest BCUT2D eigenvalue weighted by molar-refractivity contribution is -0.116. The van der Waals surface area contributed by atoms with Crippen LogP contribution in [0.2, 0.25) is 0 Å². The van der Waals surface area contributed by atoms with Gasteiger partial charge in [-0.3, -0.25) is 9.59 Å². The Hall–Kier alpha value is -3.65. The topological polar surface area (TPSA) is 97.6 Å². The van der Waals surface area contributed by atoms with Gasteiger partial charge in [0.15, 0.2) is 5.13 Å². The number of carbonyl (C=O) groups is 2. The fourth-order valence-electron chi connectivity index (χ4n) is 3.69. The zero-order chi connectivity index (χ0) is 22.5. The van der Waals surface area contributed by atoms with Gasteiger partial charge in [-0.2, -0.15) is 0 Å². The molecule has 2 amide bonds. The lowest BCUT2D eigenvalue weighted by Gasteiger charge is -2.24. The second-order valence-electron chi connectivity index (χ2n) is 7.42. The molecule has 1 unspecified atom stereocenters. The Morgan fingerprint density at radius 1 is 1.19 bits per heavy atom. The maximum Gasteiger partial charge on any atom is 0.261 e. The van der Waals surface area contributed by atoms with Crippen LogP contribution in [0.3, 0.4) is 0 Å². The van der Waals surface area contributed by atoms with Gasteiger partial charge in [-0.05, 0) is 55.3 Å². The monoisotopic (exact) mass is 448 g/mol. The highest BCUT2D eigenvalue weighted by molar-refractivity contribution is 7.18. The summed E-state index contributed by atoms with van der Waals surface area (Å²) in [6.07, 6.45) is 3.18. The molecule has 3 N–H and O–H groups in total. The van der Waals surface area contributed by atoms with Crippen LogP contribution in [0.4, 0.5) is 5.13 Å². The lowest BCUT2D eigenvalue weighted by atomic mass is 10.1. The smallest absolute Gasteiger partial charge is 0.261 e. The second kappa shape index (κ2) is 9.65. The van der Waals surface area contributed by atoms with Gasteiger partial charge in [0.05, 0.1) is 5.69 Å². The minimum atomic E-state index is -0.510. The van der Waals surface area contributed by atoms with Crippen LogP contribution in [-0.2, 0) is 4.79 Å². The van der Waals surface area contributed by atoms with Crippen LogP contribution in [0.25, 0.3) is 11.3 Å². The van der Waals surface area contributed by atoms with Gasteiger partial charge in [-0.25, -0.2) is 4.98 Å². The summed E-state index contributed by atoms with van der Waals surface area (Å²) in [7, 11) is 0. The molecule has 32 heavy (non-hydrogen) atoms. The number of carbonyl (C=O) groups excluding carboxylic acids is 2. The van der Waals surface area contributed by atoms with Crippen molar-refractivity contribution in [3.8, 4) is 22.8 Å². The van der Waals surface area contributed by atoms with Gasteiger partial charge in [0.25, 0.3) is 5.91 Å². The highest BCUT2D eigenvalue weighted by Gasteiger charge is 2.29. The molecule has 1 fully saturated rings.